The lowest BCUT2D eigenvalue weighted by Crippen LogP contribution is -2.52. The standard InChI is InChI=1S/C19H21FN2O2/c1-12-8-9-14(20)10-16(12)24-11-13-6-5-7-15-17(13)22(4)18(23)19(2,3)21-15/h5-10,21H,11H2,1-4H3. The van der Waals surface area contributed by atoms with Gasteiger partial charge in [-0.1, -0.05) is 18.2 Å². The first kappa shape index (κ1) is 16.3. The van der Waals surface area contributed by atoms with E-state index in [0.717, 1.165) is 22.5 Å². The first-order valence-electron chi connectivity index (χ1n) is 7.87. The third-order valence-corrected chi connectivity index (χ3v) is 4.27. The van der Waals surface area contributed by atoms with E-state index in [-0.39, 0.29) is 18.3 Å². The first-order valence-corrected chi connectivity index (χ1v) is 7.87. The molecule has 0 radical (unpaired) electrons. The first-order chi connectivity index (χ1) is 11.3. The second-order valence-corrected chi connectivity index (χ2v) is 6.63. The molecule has 0 unspecified atom stereocenters. The molecule has 1 aliphatic heterocycles. The summed E-state index contributed by atoms with van der Waals surface area (Å²) in [6, 6.07) is 10.2. The Labute approximate surface area is 141 Å². The predicted molar refractivity (Wildman–Crippen MR) is 93.0 cm³/mol. The number of carbonyl (C=O) groups is 1. The van der Waals surface area contributed by atoms with Crippen LogP contribution in [-0.2, 0) is 11.4 Å². The molecular formula is C19H21FN2O2. The van der Waals surface area contributed by atoms with Gasteiger partial charge in [0.05, 0.1) is 11.4 Å². The van der Waals surface area contributed by atoms with E-state index in [0.29, 0.717) is 5.75 Å². The minimum absolute atomic E-state index is 0.00983. The lowest BCUT2D eigenvalue weighted by molar-refractivity contribution is -0.121. The molecule has 1 amide bonds. The molecule has 2 aromatic carbocycles. The van der Waals surface area contributed by atoms with Crippen molar-refractivity contribution in [3.8, 4) is 5.75 Å². The Morgan fingerprint density at radius 2 is 2.00 bits per heavy atom. The van der Waals surface area contributed by atoms with Crippen molar-refractivity contribution in [3.05, 3.63) is 53.3 Å². The van der Waals surface area contributed by atoms with Gasteiger partial charge in [0.2, 0.25) is 0 Å². The predicted octanol–water partition coefficient (Wildman–Crippen LogP) is 3.88. The molecule has 5 heteroatoms. The number of para-hydroxylation sites is 1. The molecule has 0 saturated carbocycles. The van der Waals surface area contributed by atoms with E-state index in [1.165, 1.54) is 12.1 Å². The molecular weight excluding hydrogens is 307 g/mol. The minimum atomic E-state index is -0.652. The second-order valence-electron chi connectivity index (χ2n) is 6.63. The fourth-order valence-corrected chi connectivity index (χ4v) is 3.00. The fourth-order valence-electron chi connectivity index (χ4n) is 3.00. The molecule has 126 valence electrons. The molecule has 0 saturated heterocycles. The SMILES string of the molecule is Cc1ccc(F)cc1OCc1cccc2c1N(C)C(=O)C(C)(C)N2. The number of aryl methyl sites for hydroxylation is 1. The maximum atomic E-state index is 13.4. The highest BCUT2D eigenvalue weighted by Gasteiger charge is 2.37. The third kappa shape index (κ3) is 2.82. The number of amides is 1. The van der Waals surface area contributed by atoms with Crippen molar-refractivity contribution >= 4 is 17.3 Å². The number of ether oxygens (including phenoxy) is 1. The number of hydrogen-bond donors (Lipinski definition) is 1. The zero-order valence-electron chi connectivity index (χ0n) is 14.3. The van der Waals surface area contributed by atoms with Crippen molar-refractivity contribution in [1.29, 1.82) is 0 Å². The number of likely N-dealkylation sites (N-methyl/N-ethyl adjacent to an activating group) is 1. The van der Waals surface area contributed by atoms with E-state index < -0.39 is 5.54 Å². The summed E-state index contributed by atoms with van der Waals surface area (Å²) in [6.45, 7) is 5.84. The van der Waals surface area contributed by atoms with Crippen LogP contribution in [-0.4, -0.2) is 18.5 Å². The Bertz CT molecular complexity index is 802. The number of hydrogen-bond acceptors (Lipinski definition) is 3. The van der Waals surface area contributed by atoms with E-state index in [9.17, 15) is 9.18 Å². The average Bonchev–Trinajstić information content (AvgIpc) is 2.53. The molecule has 0 aromatic heterocycles. The van der Waals surface area contributed by atoms with Crippen LogP contribution in [0.25, 0.3) is 0 Å². The Morgan fingerprint density at radius 1 is 1.25 bits per heavy atom. The van der Waals surface area contributed by atoms with Crippen molar-refractivity contribution in [2.75, 3.05) is 17.3 Å². The highest BCUT2D eigenvalue weighted by molar-refractivity contribution is 6.07. The van der Waals surface area contributed by atoms with Gasteiger partial charge in [-0.15, -0.1) is 0 Å². The van der Waals surface area contributed by atoms with Crippen LogP contribution in [0.15, 0.2) is 36.4 Å². The number of carbonyl (C=O) groups excluding carboxylic acids is 1. The van der Waals surface area contributed by atoms with Gasteiger partial charge in [-0.2, -0.15) is 0 Å². The van der Waals surface area contributed by atoms with Gasteiger partial charge < -0.3 is 15.0 Å². The number of halogens is 1. The fraction of sp³-hybridized carbons (Fsp3) is 0.316. The molecule has 0 spiro atoms. The highest BCUT2D eigenvalue weighted by atomic mass is 19.1. The van der Waals surface area contributed by atoms with Crippen molar-refractivity contribution in [2.24, 2.45) is 0 Å². The molecule has 2 aromatic rings. The van der Waals surface area contributed by atoms with Gasteiger partial charge in [-0.05, 0) is 38.5 Å². The molecule has 24 heavy (non-hydrogen) atoms. The van der Waals surface area contributed by atoms with Crippen LogP contribution >= 0.6 is 0 Å². The van der Waals surface area contributed by atoms with Gasteiger partial charge in [0, 0.05) is 18.7 Å². The van der Waals surface area contributed by atoms with Crippen LogP contribution in [0.2, 0.25) is 0 Å². The maximum absolute atomic E-state index is 13.4. The van der Waals surface area contributed by atoms with Crippen molar-refractivity contribution in [2.45, 2.75) is 32.9 Å². The number of anilines is 2. The van der Waals surface area contributed by atoms with Crippen LogP contribution in [0, 0.1) is 12.7 Å². The Kier molecular flexibility index (Phi) is 3.95. The van der Waals surface area contributed by atoms with Gasteiger partial charge >= 0.3 is 0 Å². The third-order valence-electron chi connectivity index (χ3n) is 4.27. The summed E-state index contributed by atoms with van der Waals surface area (Å²) in [7, 11) is 1.76. The molecule has 1 N–H and O–H groups in total. The second kappa shape index (κ2) is 5.82. The highest BCUT2D eigenvalue weighted by Crippen LogP contribution is 2.37. The quantitative estimate of drug-likeness (QED) is 0.930. The normalized spacial score (nSPS) is 15.7. The van der Waals surface area contributed by atoms with Crippen molar-refractivity contribution in [1.82, 2.24) is 0 Å². The number of nitrogens with zero attached hydrogens (tertiary/aromatic N) is 1. The number of benzene rings is 2. The summed E-state index contributed by atoms with van der Waals surface area (Å²) in [4.78, 5) is 14.2. The lowest BCUT2D eigenvalue weighted by Gasteiger charge is -2.39. The molecule has 3 rings (SSSR count). The zero-order valence-corrected chi connectivity index (χ0v) is 14.3. The smallest absolute Gasteiger partial charge is 0.251 e. The van der Waals surface area contributed by atoms with Crippen molar-refractivity contribution < 1.29 is 13.9 Å². The summed E-state index contributed by atoms with van der Waals surface area (Å²) in [5, 5.41) is 3.27. The summed E-state index contributed by atoms with van der Waals surface area (Å²) in [5.74, 6) is 0.163. The molecule has 0 fully saturated rings. The average molecular weight is 328 g/mol. The number of rotatable bonds is 3. The molecule has 1 aliphatic rings. The number of fused-ring (bicyclic) bond motifs is 1. The zero-order chi connectivity index (χ0) is 17.5. The molecule has 1 heterocycles. The van der Waals surface area contributed by atoms with E-state index in [1.54, 1.807) is 18.0 Å². The van der Waals surface area contributed by atoms with Gasteiger partial charge in [-0.25, -0.2) is 4.39 Å². The van der Waals surface area contributed by atoms with Crippen LogP contribution in [0.3, 0.4) is 0 Å². The molecule has 0 aliphatic carbocycles. The van der Waals surface area contributed by atoms with E-state index in [1.807, 2.05) is 39.0 Å². The minimum Gasteiger partial charge on any atom is -0.488 e. The van der Waals surface area contributed by atoms with Gasteiger partial charge in [0.1, 0.15) is 23.7 Å². The summed E-state index contributed by atoms with van der Waals surface area (Å²) in [5.41, 5.74) is 2.77. The van der Waals surface area contributed by atoms with Crippen LogP contribution < -0.4 is 15.0 Å². The topological polar surface area (TPSA) is 41.6 Å². The largest absolute Gasteiger partial charge is 0.488 e. The molecule has 0 atom stereocenters. The Morgan fingerprint density at radius 3 is 2.75 bits per heavy atom. The monoisotopic (exact) mass is 328 g/mol. The maximum Gasteiger partial charge on any atom is 0.251 e. The van der Waals surface area contributed by atoms with Gasteiger partial charge in [0.25, 0.3) is 5.91 Å². The summed E-state index contributed by atoms with van der Waals surface area (Å²) in [6.07, 6.45) is 0. The van der Waals surface area contributed by atoms with Crippen LogP contribution in [0.1, 0.15) is 25.0 Å². The Balaban J connectivity index is 1.91. The van der Waals surface area contributed by atoms with Crippen molar-refractivity contribution in [3.63, 3.8) is 0 Å². The summed E-state index contributed by atoms with van der Waals surface area (Å²) >= 11 is 0. The number of nitrogens with one attached hydrogen (secondary N) is 1. The molecule has 0 bridgehead atoms. The van der Waals surface area contributed by atoms with Crippen LogP contribution in [0.4, 0.5) is 15.8 Å². The summed E-state index contributed by atoms with van der Waals surface area (Å²) < 4.78 is 19.2. The van der Waals surface area contributed by atoms with E-state index in [4.69, 9.17) is 4.74 Å². The van der Waals surface area contributed by atoms with Gasteiger partial charge in [0.15, 0.2) is 0 Å². The lowest BCUT2D eigenvalue weighted by atomic mass is 9.97. The van der Waals surface area contributed by atoms with E-state index in [2.05, 4.69) is 5.32 Å². The van der Waals surface area contributed by atoms with Crippen LogP contribution in [0.5, 0.6) is 5.75 Å². The Hall–Kier alpha value is -2.56. The van der Waals surface area contributed by atoms with Gasteiger partial charge in [-0.3, -0.25) is 4.79 Å². The molecule has 4 nitrogen and oxygen atoms in total. The van der Waals surface area contributed by atoms with E-state index >= 15 is 0 Å².